The minimum atomic E-state index is -0.913. The number of nitrogens with two attached hydrogens (primary N) is 1. The summed E-state index contributed by atoms with van der Waals surface area (Å²) >= 11 is 0.752. The Morgan fingerprint density at radius 3 is 2.71 bits per heavy atom. The zero-order chi connectivity index (χ0) is 11.0. The molecule has 76 valence electrons. The Bertz CT molecular complexity index is 295. The Balaban J connectivity index is 3.98. The van der Waals surface area contributed by atoms with Crippen molar-refractivity contribution in [2.24, 2.45) is 10.1 Å². The van der Waals surface area contributed by atoms with E-state index >= 15 is 0 Å². The summed E-state index contributed by atoms with van der Waals surface area (Å²) in [6.45, 7) is 1.96. The van der Waals surface area contributed by atoms with Gasteiger partial charge in [0, 0.05) is 0 Å². The number of esters is 1. The molecule has 0 aliphatic carbocycles. The highest BCUT2D eigenvalue weighted by atomic mass is 32.2. The molecule has 7 heteroatoms. The van der Waals surface area contributed by atoms with E-state index in [-0.39, 0.29) is 12.4 Å². The van der Waals surface area contributed by atoms with E-state index in [2.05, 4.69) is 9.13 Å². The summed E-state index contributed by atoms with van der Waals surface area (Å²) in [6.07, 6.45) is 0. The minimum Gasteiger partial charge on any atom is -0.465 e. The van der Waals surface area contributed by atoms with Crippen molar-refractivity contribution in [1.82, 2.24) is 0 Å². The zero-order valence-electron chi connectivity index (χ0n) is 7.52. The predicted octanol–water partition coefficient (Wildman–Crippen LogP) is -0.352. The summed E-state index contributed by atoms with van der Waals surface area (Å²) < 4.78 is 8.05. The first-order valence-electron chi connectivity index (χ1n) is 3.67. The van der Waals surface area contributed by atoms with Crippen LogP contribution in [-0.2, 0) is 14.3 Å². The van der Waals surface area contributed by atoms with Gasteiger partial charge in [-0.3, -0.25) is 9.59 Å². The molecule has 0 atom stereocenters. The molecule has 0 saturated carbocycles. The van der Waals surface area contributed by atoms with E-state index in [9.17, 15) is 9.59 Å². The largest absolute Gasteiger partial charge is 0.465 e. The van der Waals surface area contributed by atoms with Gasteiger partial charge in [0.05, 0.1) is 6.61 Å². The van der Waals surface area contributed by atoms with Crippen LogP contribution in [0.3, 0.4) is 0 Å². The van der Waals surface area contributed by atoms with Gasteiger partial charge in [-0.05, 0) is 18.9 Å². The number of primary amides is 1. The molecule has 0 aromatic heterocycles. The first kappa shape index (κ1) is 12.4. The van der Waals surface area contributed by atoms with Crippen molar-refractivity contribution in [3.8, 4) is 6.07 Å². The summed E-state index contributed by atoms with van der Waals surface area (Å²) in [5.41, 5.74) is 4.38. The Kier molecular flexibility index (Phi) is 6.15. The molecule has 0 spiro atoms. The van der Waals surface area contributed by atoms with Crippen molar-refractivity contribution in [2.75, 3.05) is 12.4 Å². The van der Waals surface area contributed by atoms with Gasteiger partial charge in [0.25, 0.3) is 5.91 Å². The molecule has 0 radical (unpaired) electrons. The maximum atomic E-state index is 10.8. The standard InChI is InChI=1S/C7H9N3O3S/c1-2-13-6(11)4-14-10-5(3-8)7(9)12/h2,4H2,1H3,(H2,9,12)/b10-5+. The fourth-order valence-corrected chi connectivity index (χ4v) is 0.986. The van der Waals surface area contributed by atoms with Crippen molar-refractivity contribution >= 4 is 29.5 Å². The normalized spacial score (nSPS) is 10.4. The van der Waals surface area contributed by atoms with Crippen LogP contribution >= 0.6 is 11.9 Å². The van der Waals surface area contributed by atoms with Gasteiger partial charge < -0.3 is 10.5 Å². The lowest BCUT2D eigenvalue weighted by Crippen LogP contribution is -2.21. The van der Waals surface area contributed by atoms with E-state index in [1.807, 2.05) is 0 Å². The molecule has 0 unspecified atom stereocenters. The third-order valence-corrected chi connectivity index (χ3v) is 1.66. The molecule has 0 fully saturated rings. The van der Waals surface area contributed by atoms with E-state index in [4.69, 9.17) is 11.0 Å². The molecular formula is C7H9N3O3S. The molecule has 2 N–H and O–H groups in total. The smallest absolute Gasteiger partial charge is 0.317 e. The predicted molar refractivity (Wildman–Crippen MR) is 51.3 cm³/mol. The third kappa shape index (κ3) is 5.16. The number of nitriles is 1. The molecule has 0 aliphatic heterocycles. The van der Waals surface area contributed by atoms with Crippen molar-refractivity contribution in [1.29, 1.82) is 5.26 Å². The molecule has 0 aromatic rings. The molecule has 0 aromatic carbocycles. The second-order valence-corrected chi connectivity index (χ2v) is 2.72. The van der Waals surface area contributed by atoms with Crippen LogP contribution in [-0.4, -0.2) is 29.9 Å². The lowest BCUT2D eigenvalue weighted by Gasteiger charge is -1.97. The quantitative estimate of drug-likeness (QED) is 0.383. The van der Waals surface area contributed by atoms with E-state index < -0.39 is 17.6 Å². The van der Waals surface area contributed by atoms with Gasteiger partial charge in [-0.15, -0.1) is 0 Å². The summed E-state index contributed by atoms with van der Waals surface area (Å²) in [6, 6.07) is 1.51. The van der Waals surface area contributed by atoms with Gasteiger partial charge in [0.15, 0.2) is 0 Å². The summed E-state index contributed by atoms with van der Waals surface area (Å²) in [5, 5.41) is 8.35. The van der Waals surface area contributed by atoms with Crippen molar-refractivity contribution < 1.29 is 14.3 Å². The van der Waals surface area contributed by atoms with Gasteiger partial charge in [-0.25, -0.2) is 0 Å². The highest BCUT2D eigenvalue weighted by Gasteiger charge is 2.06. The van der Waals surface area contributed by atoms with Crippen molar-refractivity contribution in [2.45, 2.75) is 6.92 Å². The Labute approximate surface area is 85.3 Å². The van der Waals surface area contributed by atoms with E-state index in [0.717, 1.165) is 11.9 Å². The Morgan fingerprint density at radius 1 is 1.64 bits per heavy atom. The van der Waals surface area contributed by atoms with Crippen LogP contribution in [0.5, 0.6) is 0 Å². The van der Waals surface area contributed by atoms with Crippen LogP contribution in [0.2, 0.25) is 0 Å². The second kappa shape index (κ2) is 6.91. The third-order valence-electron chi connectivity index (χ3n) is 0.983. The highest BCUT2D eigenvalue weighted by Crippen LogP contribution is 2.02. The number of hydrogen-bond donors (Lipinski definition) is 1. The summed E-state index contributed by atoms with van der Waals surface area (Å²) in [7, 11) is 0. The van der Waals surface area contributed by atoms with Gasteiger partial charge in [-0.1, -0.05) is 0 Å². The van der Waals surface area contributed by atoms with Crippen molar-refractivity contribution in [3.63, 3.8) is 0 Å². The van der Waals surface area contributed by atoms with E-state index in [1.54, 1.807) is 6.92 Å². The second-order valence-electron chi connectivity index (χ2n) is 1.99. The van der Waals surface area contributed by atoms with Gasteiger partial charge in [-0.2, -0.15) is 9.66 Å². The number of carbonyl (C=O) groups excluding carboxylic acids is 2. The van der Waals surface area contributed by atoms with Crippen molar-refractivity contribution in [3.05, 3.63) is 0 Å². The molecule has 0 aliphatic rings. The topological polar surface area (TPSA) is 106 Å². The van der Waals surface area contributed by atoms with Crippen LogP contribution in [0, 0.1) is 11.3 Å². The Morgan fingerprint density at radius 2 is 2.29 bits per heavy atom. The first-order valence-corrected chi connectivity index (χ1v) is 4.61. The molecule has 0 bridgehead atoms. The van der Waals surface area contributed by atoms with Crippen LogP contribution in [0.15, 0.2) is 4.40 Å². The lowest BCUT2D eigenvalue weighted by molar-refractivity contribution is -0.139. The fourth-order valence-electron chi connectivity index (χ4n) is 0.473. The Hall–Kier alpha value is -1.55. The van der Waals surface area contributed by atoms with Crippen LogP contribution < -0.4 is 5.73 Å². The van der Waals surface area contributed by atoms with Crippen LogP contribution in [0.4, 0.5) is 0 Å². The summed E-state index contributed by atoms with van der Waals surface area (Å²) in [5.74, 6) is -1.42. The maximum Gasteiger partial charge on any atom is 0.317 e. The highest BCUT2D eigenvalue weighted by molar-refractivity contribution is 7.98. The number of nitrogens with zero attached hydrogens (tertiary/aromatic N) is 2. The number of hydrogen-bond acceptors (Lipinski definition) is 6. The average Bonchev–Trinajstić information content (AvgIpc) is 2.12. The molecule has 0 heterocycles. The fraction of sp³-hybridized carbons (Fsp3) is 0.429. The minimum absolute atomic E-state index is 0.0493. The van der Waals surface area contributed by atoms with Gasteiger partial charge >= 0.3 is 5.97 Å². The molecule has 6 nitrogen and oxygen atoms in total. The molecule has 0 rings (SSSR count). The first-order chi connectivity index (χ1) is 6.61. The molecule has 14 heavy (non-hydrogen) atoms. The SMILES string of the molecule is CCOC(=O)CS/N=C(\C#N)C(N)=O. The molecule has 1 amide bonds. The number of carbonyl (C=O) groups is 2. The monoisotopic (exact) mass is 215 g/mol. The van der Waals surface area contributed by atoms with Gasteiger partial charge in [0.1, 0.15) is 11.8 Å². The average molecular weight is 215 g/mol. The maximum absolute atomic E-state index is 10.8. The number of amides is 1. The van der Waals surface area contributed by atoms with Crippen LogP contribution in [0.25, 0.3) is 0 Å². The number of ether oxygens (including phenoxy) is 1. The molecule has 0 saturated heterocycles. The number of rotatable bonds is 5. The lowest BCUT2D eigenvalue weighted by atomic mass is 10.4. The zero-order valence-corrected chi connectivity index (χ0v) is 8.34. The van der Waals surface area contributed by atoms with E-state index in [1.165, 1.54) is 6.07 Å². The molecular weight excluding hydrogens is 206 g/mol. The van der Waals surface area contributed by atoms with Gasteiger partial charge in [0.2, 0.25) is 5.71 Å². The van der Waals surface area contributed by atoms with E-state index in [0.29, 0.717) is 0 Å². The summed E-state index contributed by atoms with van der Waals surface area (Å²) in [4.78, 5) is 21.2. The van der Waals surface area contributed by atoms with Crippen LogP contribution in [0.1, 0.15) is 6.92 Å².